The van der Waals surface area contributed by atoms with E-state index in [0.29, 0.717) is 5.69 Å². The zero-order valence-electron chi connectivity index (χ0n) is 9.20. The molecule has 0 fully saturated rings. The Balaban J connectivity index is 2.57. The molecule has 18 heavy (non-hydrogen) atoms. The zero-order valence-corrected chi connectivity index (χ0v) is 9.20. The summed E-state index contributed by atoms with van der Waals surface area (Å²) in [5, 5.41) is 17.8. The average molecular weight is 243 g/mol. The molecular weight excluding hydrogens is 234 g/mol. The lowest BCUT2D eigenvalue weighted by atomic mass is 10.1. The molecule has 1 aromatic carbocycles. The van der Waals surface area contributed by atoms with Gasteiger partial charge in [0.05, 0.1) is 11.3 Å². The van der Waals surface area contributed by atoms with Crippen molar-refractivity contribution in [2.75, 3.05) is 0 Å². The van der Waals surface area contributed by atoms with Crippen LogP contribution in [-0.4, -0.2) is 27.1 Å². The second-order valence-electron chi connectivity index (χ2n) is 3.57. The van der Waals surface area contributed by atoms with Gasteiger partial charge in [0, 0.05) is 5.56 Å². The van der Waals surface area contributed by atoms with Crippen molar-refractivity contribution in [3.63, 3.8) is 0 Å². The van der Waals surface area contributed by atoms with Gasteiger partial charge in [-0.2, -0.15) is 0 Å². The minimum atomic E-state index is -1.36. The molecule has 0 aliphatic heterocycles. The topological polar surface area (TPSA) is 87.5 Å². The Hall–Kier alpha value is -2.69. The number of carboxylic acid groups (broad SMARTS) is 2. The fourth-order valence-corrected chi connectivity index (χ4v) is 1.56. The summed E-state index contributed by atoms with van der Waals surface area (Å²) in [6.45, 7) is 0. The maximum absolute atomic E-state index is 11.0. The van der Waals surface area contributed by atoms with E-state index in [-0.39, 0.29) is 5.56 Å². The first-order chi connectivity index (χ1) is 8.59. The summed E-state index contributed by atoms with van der Waals surface area (Å²) in [4.78, 5) is 25.7. The lowest BCUT2D eigenvalue weighted by Gasteiger charge is -2.04. The highest BCUT2D eigenvalue weighted by molar-refractivity contribution is 6.00. The smallest absolute Gasteiger partial charge is 0.355 e. The van der Waals surface area contributed by atoms with Crippen LogP contribution in [0.4, 0.5) is 0 Å². The number of aromatic carboxylic acids is 2. The standard InChI is InChI=1S/C13H9NO4/c15-12(16)9-6-7-10(14-11(9)13(17)18)8-4-2-1-3-5-8/h1-7H,(H,15,16)(H,17,18). The second-order valence-corrected chi connectivity index (χ2v) is 3.57. The number of rotatable bonds is 3. The van der Waals surface area contributed by atoms with Gasteiger partial charge in [-0.3, -0.25) is 0 Å². The fourth-order valence-electron chi connectivity index (χ4n) is 1.56. The van der Waals surface area contributed by atoms with Gasteiger partial charge in [0.25, 0.3) is 0 Å². The molecule has 0 aliphatic rings. The van der Waals surface area contributed by atoms with Crippen LogP contribution in [-0.2, 0) is 0 Å². The molecule has 5 heteroatoms. The Morgan fingerprint density at radius 2 is 1.56 bits per heavy atom. The molecule has 90 valence electrons. The first kappa shape index (κ1) is 11.8. The molecule has 1 aromatic heterocycles. The first-order valence-electron chi connectivity index (χ1n) is 5.12. The van der Waals surface area contributed by atoms with Gasteiger partial charge in [0.15, 0.2) is 5.69 Å². The second kappa shape index (κ2) is 4.67. The highest BCUT2D eigenvalue weighted by Crippen LogP contribution is 2.19. The molecule has 2 aromatic rings. The van der Waals surface area contributed by atoms with Crippen LogP contribution in [0.3, 0.4) is 0 Å². The summed E-state index contributed by atoms with van der Waals surface area (Å²) in [5.41, 5.74) is 0.390. The Morgan fingerprint density at radius 1 is 0.889 bits per heavy atom. The molecule has 0 saturated carbocycles. The number of carboxylic acids is 2. The summed E-state index contributed by atoms with van der Waals surface area (Å²) in [5.74, 6) is -2.66. The molecule has 5 nitrogen and oxygen atoms in total. The van der Waals surface area contributed by atoms with Gasteiger partial charge in [-0.15, -0.1) is 0 Å². The van der Waals surface area contributed by atoms with Crippen molar-refractivity contribution in [1.82, 2.24) is 4.98 Å². The number of benzene rings is 1. The summed E-state index contributed by atoms with van der Waals surface area (Å²) in [6, 6.07) is 11.7. The van der Waals surface area contributed by atoms with Crippen LogP contribution in [0.15, 0.2) is 42.5 Å². The van der Waals surface area contributed by atoms with Crippen molar-refractivity contribution in [1.29, 1.82) is 0 Å². The molecule has 0 amide bonds. The van der Waals surface area contributed by atoms with Crippen molar-refractivity contribution in [3.8, 4) is 11.3 Å². The number of nitrogens with zero attached hydrogens (tertiary/aromatic N) is 1. The number of carbonyl (C=O) groups is 2. The maximum Gasteiger partial charge on any atom is 0.355 e. The van der Waals surface area contributed by atoms with E-state index in [1.54, 1.807) is 24.3 Å². The number of hydrogen-bond donors (Lipinski definition) is 2. The quantitative estimate of drug-likeness (QED) is 0.862. The largest absolute Gasteiger partial charge is 0.478 e. The van der Waals surface area contributed by atoms with E-state index in [0.717, 1.165) is 5.56 Å². The van der Waals surface area contributed by atoms with Crippen molar-refractivity contribution < 1.29 is 19.8 Å². The van der Waals surface area contributed by atoms with Crippen LogP contribution in [0.2, 0.25) is 0 Å². The summed E-state index contributed by atoms with van der Waals surface area (Å²) in [7, 11) is 0. The molecule has 0 unspecified atom stereocenters. The SMILES string of the molecule is O=C(O)c1ccc(-c2ccccc2)nc1C(=O)O. The third-order valence-corrected chi connectivity index (χ3v) is 2.40. The van der Waals surface area contributed by atoms with Crippen LogP contribution in [0, 0.1) is 0 Å². The van der Waals surface area contributed by atoms with Crippen molar-refractivity contribution in [3.05, 3.63) is 53.7 Å². The number of pyridine rings is 1. The van der Waals surface area contributed by atoms with E-state index in [2.05, 4.69) is 4.98 Å². The van der Waals surface area contributed by atoms with Crippen LogP contribution in [0.25, 0.3) is 11.3 Å². The summed E-state index contributed by atoms with van der Waals surface area (Å²) >= 11 is 0. The molecular formula is C13H9NO4. The van der Waals surface area contributed by atoms with E-state index in [1.807, 2.05) is 6.07 Å². The first-order valence-corrected chi connectivity index (χ1v) is 5.12. The van der Waals surface area contributed by atoms with Crippen LogP contribution in [0.1, 0.15) is 20.8 Å². The van der Waals surface area contributed by atoms with Gasteiger partial charge >= 0.3 is 11.9 Å². The Morgan fingerprint density at radius 3 is 2.11 bits per heavy atom. The molecule has 2 N–H and O–H groups in total. The summed E-state index contributed by atoms with van der Waals surface area (Å²) < 4.78 is 0. The zero-order chi connectivity index (χ0) is 13.1. The van der Waals surface area contributed by atoms with Gasteiger partial charge in [0.2, 0.25) is 0 Å². The minimum Gasteiger partial charge on any atom is -0.478 e. The van der Waals surface area contributed by atoms with E-state index in [9.17, 15) is 9.59 Å². The Labute approximate surface area is 102 Å². The lowest BCUT2D eigenvalue weighted by Crippen LogP contribution is -2.10. The molecule has 0 radical (unpaired) electrons. The Kier molecular flexibility index (Phi) is 3.05. The molecule has 0 aliphatic carbocycles. The van der Waals surface area contributed by atoms with Crippen LogP contribution < -0.4 is 0 Å². The third kappa shape index (κ3) is 2.20. The molecule has 2 rings (SSSR count). The van der Waals surface area contributed by atoms with E-state index >= 15 is 0 Å². The highest BCUT2D eigenvalue weighted by Gasteiger charge is 2.18. The van der Waals surface area contributed by atoms with Crippen molar-refractivity contribution >= 4 is 11.9 Å². The van der Waals surface area contributed by atoms with Gasteiger partial charge in [-0.1, -0.05) is 30.3 Å². The fraction of sp³-hybridized carbons (Fsp3) is 0. The molecule has 0 bridgehead atoms. The normalized spacial score (nSPS) is 10.0. The maximum atomic E-state index is 11.0. The molecule has 0 spiro atoms. The Bertz CT molecular complexity index is 608. The van der Waals surface area contributed by atoms with E-state index in [4.69, 9.17) is 10.2 Å². The predicted molar refractivity (Wildman–Crippen MR) is 63.6 cm³/mol. The molecule has 1 heterocycles. The lowest BCUT2D eigenvalue weighted by molar-refractivity contribution is 0.0646. The molecule has 0 atom stereocenters. The average Bonchev–Trinajstić information content (AvgIpc) is 2.39. The number of aromatic nitrogens is 1. The third-order valence-electron chi connectivity index (χ3n) is 2.40. The predicted octanol–water partition coefficient (Wildman–Crippen LogP) is 2.14. The van der Waals surface area contributed by atoms with Gasteiger partial charge in [-0.25, -0.2) is 14.6 Å². The minimum absolute atomic E-state index is 0.317. The van der Waals surface area contributed by atoms with Gasteiger partial charge in [-0.05, 0) is 12.1 Å². The van der Waals surface area contributed by atoms with Crippen LogP contribution in [0.5, 0.6) is 0 Å². The van der Waals surface area contributed by atoms with Gasteiger partial charge < -0.3 is 10.2 Å². The van der Waals surface area contributed by atoms with E-state index < -0.39 is 17.6 Å². The number of hydrogen-bond acceptors (Lipinski definition) is 3. The molecule has 0 saturated heterocycles. The monoisotopic (exact) mass is 243 g/mol. The summed E-state index contributed by atoms with van der Waals surface area (Å²) in [6.07, 6.45) is 0. The van der Waals surface area contributed by atoms with Crippen molar-refractivity contribution in [2.24, 2.45) is 0 Å². The van der Waals surface area contributed by atoms with Gasteiger partial charge in [0.1, 0.15) is 0 Å². The van der Waals surface area contributed by atoms with Crippen LogP contribution >= 0.6 is 0 Å². The van der Waals surface area contributed by atoms with E-state index in [1.165, 1.54) is 12.1 Å². The highest BCUT2D eigenvalue weighted by atomic mass is 16.4. The van der Waals surface area contributed by atoms with Crippen molar-refractivity contribution in [2.45, 2.75) is 0 Å².